The molecule has 1 fully saturated rings. The Morgan fingerprint density at radius 3 is 2.85 bits per heavy atom. The van der Waals surface area contributed by atoms with E-state index in [0.717, 1.165) is 54.1 Å². The van der Waals surface area contributed by atoms with E-state index >= 15 is 0 Å². The van der Waals surface area contributed by atoms with Gasteiger partial charge in [0.15, 0.2) is 5.65 Å². The fraction of sp³-hybridized carbons (Fsp3) is 0.421. The Morgan fingerprint density at radius 2 is 2.08 bits per heavy atom. The Morgan fingerprint density at radius 1 is 1.23 bits per heavy atom. The maximum atomic E-state index is 6.02. The van der Waals surface area contributed by atoms with Crippen molar-refractivity contribution in [2.24, 2.45) is 5.73 Å². The number of anilines is 2. The molecule has 1 saturated carbocycles. The van der Waals surface area contributed by atoms with Crippen LogP contribution >= 0.6 is 0 Å². The number of hydrogen-bond donors (Lipinski definition) is 3. The first kappa shape index (κ1) is 16.8. The molecule has 3 heterocycles. The van der Waals surface area contributed by atoms with Gasteiger partial charge < -0.3 is 16.4 Å². The van der Waals surface area contributed by atoms with Crippen LogP contribution in [0.3, 0.4) is 0 Å². The zero-order valence-electron chi connectivity index (χ0n) is 15.0. The van der Waals surface area contributed by atoms with E-state index in [-0.39, 0.29) is 0 Å². The van der Waals surface area contributed by atoms with Crippen molar-refractivity contribution in [2.45, 2.75) is 51.2 Å². The monoisotopic (exact) mass is 351 g/mol. The third kappa shape index (κ3) is 3.62. The smallest absolute Gasteiger partial charge is 0.162 e. The van der Waals surface area contributed by atoms with Gasteiger partial charge in [-0.25, -0.2) is 4.98 Å². The lowest BCUT2D eigenvalue weighted by Gasteiger charge is -2.27. The maximum Gasteiger partial charge on any atom is 0.162 e. The van der Waals surface area contributed by atoms with Crippen molar-refractivity contribution in [1.29, 1.82) is 0 Å². The predicted molar refractivity (Wildman–Crippen MR) is 103 cm³/mol. The summed E-state index contributed by atoms with van der Waals surface area (Å²) in [6.07, 6.45) is 9.80. The molecule has 0 aliphatic heterocycles. The van der Waals surface area contributed by atoms with Crippen molar-refractivity contribution in [1.82, 2.24) is 19.6 Å². The molecular formula is C19H25N7. The molecule has 0 aromatic carbocycles. The van der Waals surface area contributed by atoms with Gasteiger partial charge in [0.2, 0.25) is 0 Å². The number of nitrogens with two attached hydrogens (primary N) is 1. The average Bonchev–Trinajstić information content (AvgIpc) is 3.04. The molecule has 0 radical (unpaired) electrons. The summed E-state index contributed by atoms with van der Waals surface area (Å²) >= 11 is 0. The first-order valence-corrected chi connectivity index (χ1v) is 9.19. The van der Waals surface area contributed by atoms with Gasteiger partial charge in [0.1, 0.15) is 11.6 Å². The second kappa shape index (κ2) is 7.29. The molecule has 0 bridgehead atoms. The van der Waals surface area contributed by atoms with Gasteiger partial charge in [-0.3, -0.25) is 4.98 Å². The van der Waals surface area contributed by atoms with Gasteiger partial charge in [-0.2, -0.15) is 9.61 Å². The summed E-state index contributed by atoms with van der Waals surface area (Å²) in [5, 5.41) is 11.5. The number of aryl methyl sites for hydroxylation is 1. The van der Waals surface area contributed by atoms with E-state index in [4.69, 9.17) is 10.7 Å². The van der Waals surface area contributed by atoms with Crippen LogP contribution in [0, 0.1) is 6.92 Å². The van der Waals surface area contributed by atoms with Gasteiger partial charge in [-0.1, -0.05) is 6.07 Å². The molecule has 0 spiro atoms. The molecule has 3 aromatic rings. The Bertz CT molecular complexity index is 866. The fourth-order valence-electron chi connectivity index (χ4n) is 3.44. The van der Waals surface area contributed by atoms with Gasteiger partial charge in [0.05, 0.1) is 6.20 Å². The standard InChI is InChI=1S/C19H25N7/c1-13-10-23-26-18(22-12-14-3-2-8-21-11-14)9-17(25-19(13)26)24-16-6-4-15(20)5-7-16/h2-3,8-11,15-16,22H,4-7,12,20H2,1H3,(H,24,25)/t15-,16-. The van der Waals surface area contributed by atoms with Crippen molar-refractivity contribution < 1.29 is 0 Å². The molecule has 26 heavy (non-hydrogen) atoms. The van der Waals surface area contributed by atoms with Gasteiger partial charge in [0.25, 0.3) is 0 Å². The average molecular weight is 351 g/mol. The number of hydrogen-bond acceptors (Lipinski definition) is 6. The Hall–Kier alpha value is -2.67. The summed E-state index contributed by atoms with van der Waals surface area (Å²) in [6, 6.07) is 6.80. The highest BCUT2D eigenvalue weighted by Gasteiger charge is 2.19. The normalized spacial score (nSPS) is 20.2. The van der Waals surface area contributed by atoms with Gasteiger partial charge in [0, 0.05) is 42.7 Å². The molecular weight excluding hydrogens is 326 g/mol. The van der Waals surface area contributed by atoms with Crippen LogP contribution in [0.15, 0.2) is 36.8 Å². The minimum atomic E-state index is 0.345. The van der Waals surface area contributed by atoms with Crippen LogP contribution in [-0.2, 0) is 6.54 Å². The molecule has 7 heteroatoms. The lowest BCUT2D eigenvalue weighted by atomic mass is 9.92. The molecule has 0 atom stereocenters. The summed E-state index contributed by atoms with van der Waals surface area (Å²) in [4.78, 5) is 8.94. The number of fused-ring (bicyclic) bond motifs is 1. The van der Waals surface area contributed by atoms with E-state index in [1.807, 2.05) is 36.0 Å². The topological polar surface area (TPSA) is 93.2 Å². The Balaban J connectivity index is 1.57. The highest BCUT2D eigenvalue weighted by Crippen LogP contribution is 2.24. The van der Waals surface area contributed by atoms with Gasteiger partial charge >= 0.3 is 0 Å². The van der Waals surface area contributed by atoms with Crippen LogP contribution in [0.2, 0.25) is 0 Å². The Labute approximate surface area is 153 Å². The van der Waals surface area contributed by atoms with Crippen LogP contribution in [-0.4, -0.2) is 31.7 Å². The second-order valence-corrected chi connectivity index (χ2v) is 7.06. The predicted octanol–water partition coefficient (Wildman–Crippen LogP) is 2.73. The zero-order valence-corrected chi connectivity index (χ0v) is 15.0. The minimum Gasteiger partial charge on any atom is -0.367 e. The molecule has 136 valence electrons. The van der Waals surface area contributed by atoms with E-state index in [1.54, 1.807) is 6.20 Å². The molecule has 3 aromatic heterocycles. The maximum absolute atomic E-state index is 6.02. The fourth-order valence-corrected chi connectivity index (χ4v) is 3.44. The number of pyridine rings is 1. The van der Waals surface area contributed by atoms with Crippen LogP contribution in [0.25, 0.3) is 5.65 Å². The van der Waals surface area contributed by atoms with Crippen molar-refractivity contribution in [3.63, 3.8) is 0 Å². The third-order valence-electron chi connectivity index (χ3n) is 4.97. The first-order chi connectivity index (χ1) is 12.7. The molecule has 0 saturated heterocycles. The molecule has 0 amide bonds. The highest BCUT2D eigenvalue weighted by atomic mass is 15.3. The lowest BCUT2D eigenvalue weighted by Crippen LogP contribution is -2.33. The van der Waals surface area contributed by atoms with Crippen LogP contribution in [0.1, 0.15) is 36.8 Å². The van der Waals surface area contributed by atoms with Crippen LogP contribution in [0.5, 0.6) is 0 Å². The molecule has 1 aliphatic carbocycles. The number of rotatable bonds is 5. The van der Waals surface area contributed by atoms with E-state index in [2.05, 4.69) is 26.8 Å². The third-order valence-corrected chi connectivity index (χ3v) is 4.97. The molecule has 4 rings (SSSR count). The minimum absolute atomic E-state index is 0.345. The van der Waals surface area contributed by atoms with Crippen LogP contribution < -0.4 is 16.4 Å². The summed E-state index contributed by atoms with van der Waals surface area (Å²) in [7, 11) is 0. The summed E-state index contributed by atoms with van der Waals surface area (Å²) in [6.45, 7) is 2.72. The van der Waals surface area contributed by atoms with Gasteiger partial charge in [-0.05, 0) is 44.2 Å². The summed E-state index contributed by atoms with van der Waals surface area (Å²) in [5.41, 5.74) is 9.07. The van der Waals surface area contributed by atoms with Crippen LogP contribution in [0.4, 0.5) is 11.6 Å². The van der Waals surface area contributed by atoms with Crippen molar-refractivity contribution in [3.8, 4) is 0 Å². The van der Waals surface area contributed by atoms with Crippen molar-refractivity contribution in [3.05, 3.63) is 47.9 Å². The number of nitrogens with zero attached hydrogens (tertiary/aromatic N) is 4. The summed E-state index contributed by atoms with van der Waals surface area (Å²) in [5.74, 6) is 1.80. The van der Waals surface area contributed by atoms with E-state index in [9.17, 15) is 0 Å². The number of nitrogens with one attached hydrogen (secondary N) is 2. The SMILES string of the molecule is Cc1cnn2c(NCc3cccnc3)cc(N[C@H]3CC[C@H](N)CC3)nc12. The lowest BCUT2D eigenvalue weighted by molar-refractivity contribution is 0.410. The largest absolute Gasteiger partial charge is 0.367 e. The molecule has 1 aliphatic rings. The number of aromatic nitrogens is 4. The first-order valence-electron chi connectivity index (χ1n) is 9.19. The van der Waals surface area contributed by atoms with E-state index < -0.39 is 0 Å². The quantitative estimate of drug-likeness (QED) is 0.654. The zero-order chi connectivity index (χ0) is 17.9. The molecule has 4 N–H and O–H groups in total. The highest BCUT2D eigenvalue weighted by molar-refractivity contribution is 5.60. The van der Waals surface area contributed by atoms with E-state index in [1.165, 1.54) is 0 Å². The summed E-state index contributed by atoms with van der Waals surface area (Å²) < 4.78 is 1.85. The molecule has 7 nitrogen and oxygen atoms in total. The van der Waals surface area contributed by atoms with E-state index in [0.29, 0.717) is 18.6 Å². The van der Waals surface area contributed by atoms with Crippen molar-refractivity contribution in [2.75, 3.05) is 10.6 Å². The van der Waals surface area contributed by atoms with Crippen molar-refractivity contribution >= 4 is 17.3 Å². The molecule has 0 unspecified atom stereocenters. The Kier molecular flexibility index (Phi) is 4.71. The second-order valence-electron chi connectivity index (χ2n) is 7.06. The van der Waals surface area contributed by atoms with Gasteiger partial charge in [-0.15, -0.1) is 0 Å².